The second-order valence-electron chi connectivity index (χ2n) is 7.59. The molecule has 2 aromatic rings. The van der Waals surface area contributed by atoms with Crippen molar-refractivity contribution in [1.82, 2.24) is 15.2 Å². The number of rotatable bonds is 4. The maximum atomic E-state index is 12.8. The van der Waals surface area contributed by atoms with Crippen molar-refractivity contribution in [2.24, 2.45) is 5.92 Å². The first-order chi connectivity index (χ1) is 14.5. The van der Waals surface area contributed by atoms with Gasteiger partial charge < -0.3 is 20.3 Å². The Labute approximate surface area is 177 Å². The van der Waals surface area contributed by atoms with Crippen LogP contribution in [0.3, 0.4) is 0 Å². The van der Waals surface area contributed by atoms with E-state index in [-0.39, 0.29) is 23.1 Å². The summed E-state index contributed by atoms with van der Waals surface area (Å²) < 4.78 is 33.4. The Morgan fingerprint density at radius 1 is 1.23 bits per heavy atom. The number of hydrogen-bond acceptors (Lipinski definition) is 4. The van der Waals surface area contributed by atoms with Crippen LogP contribution in [0.25, 0.3) is 10.9 Å². The highest BCUT2D eigenvalue weighted by Gasteiger charge is 2.38. The number of hydrogen-bond donors (Lipinski definition) is 3. The number of fused-ring (bicyclic) bond motifs is 1. The van der Waals surface area contributed by atoms with E-state index in [1.807, 2.05) is 38.1 Å². The molecule has 0 saturated carbocycles. The van der Waals surface area contributed by atoms with Gasteiger partial charge in [0, 0.05) is 12.6 Å². The van der Waals surface area contributed by atoms with E-state index in [2.05, 4.69) is 10.6 Å². The molecule has 0 atom stereocenters. The first kappa shape index (κ1) is 24.4. The van der Waals surface area contributed by atoms with Crippen LogP contribution in [-0.2, 0) is 4.79 Å². The maximum absolute atomic E-state index is 12.8. The zero-order valence-corrected chi connectivity index (χ0v) is 17.3. The maximum Gasteiger partial charge on any atom is 0.490 e. The number of amides is 1. The lowest BCUT2D eigenvalue weighted by Crippen LogP contribution is -2.38. The molecule has 1 saturated heterocycles. The van der Waals surface area contributed by atoms with Gasteiger partial charge in [0.1, 0.15) is 5.56 Å². The number of benzene rings is 1. The van der Waals surface area contributed by atoms with Crippen molar-refractivity contribution < 1.29 is 27.9 Å². The van der Waals surface area contributed by atoms with Crippen molar-refractivity contribution in [2.75, 3.05) is 19.6 Å². The van der Waals surface area contributed by atoms with Crippen molar-refractivity contribution in [1.29, 1.82) is 0 Å². The monoisotopic (exact) mass is 441 g/mol. The highest BCUT2D eigenvalue weighted by atomic mass is 19.4. The van der Waals surface area contributed by atoms with Gasteiger partial charge in [0.05, 0.1) is 5.52 Å². The van der Waals surface area contributed by atoms with E-state index in [1.54, 1.807) is 10.6 Å². The molecule has 170 valence electrons. The minimum absolute atomic E-state index is 0.000399. The number of carboxylic acids is 1. The van der Waals surface area contributed by atoms with Crippen molar-refractivity contribution in [2.45, 2.75) is 38.9 Å². The van der Waals surface area contributed by atoms with Crippen LogP contribution in [0.1, 0.15) is 43.1 Å². The van der Waals surface area contributed by atoms with E-state index in [4.69, 9.17) is 9.90 Å². The van der Waals surface area contributed by atoms with Crippen LogP contribution >= 0.6 is 0 Å². The number of carboxylic acid groups (broad SMARTS) is 1. The van der Waals surface area contributed by atoms with Crippen LogP contribution in [0.4, 0.5) is 13.2 Å². The normalized spacial score (nSPS) is 14.8. The third-order valence-electron chi connectivity index (χ3n) is 4.96. The number of carbonyl (C=O) groups is 2. The molecule has 2 heterocycles. The minimum Gasteiger partial charge on any atom is -0.475 e. The summed E-state index contributed by atoms with van der Waals surface area (Å²) in [5.41, 5.74) is 0.884. The number of pyridine rings is 1. The number of piperidine rings is 1. The van der Waals surface area contributed by atoms with Gasteiger partial charge in [0.15, 0.2) is 0 Å². The SMILES string of the molecule is CC(C)n1c(=O)c(C(=O)NCC2CCNCC2)cc2ccccc21.O=C(O)C(F)(F)F. The lowest BCUT2D eigenvalue weighted by Gasteiger charge is -2.23. The van der Waals surface area contributed by atoms with Gasteiger partial charge in [0.2, 0.25) is 0 Å². The smallest absolute Gasteiger partial charge is 0.475 e. The summed E-state index contributed by atoms with van der Waals surface area (Å²) in [4.78, 5) is 34.3. The lowest BCUT2D eigenvalue weighted by molar-refractivity contribution is -0.192. The average Bonchev–Trinajstić information content (AvgIpc) is 2.71. The number of aromatic nitrogens is 1. The number of alkyl halides is 3. The Bertz CT molecular complexity index is 980. The molecule has 1 aromatic carbocycles. The van der Waals surface area contributed by atoms with Gasteiger partial charge in [-0.1, -0.05) is 18.2 Å². The van der Waals surface area contributed by atoms with E-state index in [0.29, 0.717) is 12.5 Å². The Hall–Kier alpha value is -2.88. The fraction of sp³-hybridized carbons (Fsp3) is 0.476. The summed E-state index contributed by atoms with van der Waals surface area (Å²) in [6, 6.07) is 9.42. The molecule has 10 heteroatoms. The first-order valence-electron chi connectivity index (χ1n) is 9.95. The number of nitrogens with one attached hydrogen (secondary N) is 2. The van der Waals surface area contributed by atoms with Gasteiger partial charge in [-0.3, -0.25) is 9.59 Å². The zero-order valence-electron chi connectivity index (χ0n) is 17.3. The van der Waals surface area contributed by atoms with E-state index in [0.717, 1.165) is 36.8 Å². The lowest BCUT2D eigenvalue weighted by atomic mass is 9.98. The molecule has 0 bridgehead atoms. The zero-order chi connectivity index (χ0) is 23.2. The van der Waals surface area contributed by atoms with Crippen LogP contribution in [0.2, 0.25) is 0 Å². The van der Waals surface area contributed by atoms with Crippen molar-refractivity contribution in [3.63, 3.8) is 0 Å². The van der Waals surface area contributed by atoms with Crippen LogP contribution in [-0.4, -0.2) is 47.4 Å². The molecule has 7 nitrogen and oxygen atoms in total. The third-order valence-corrected chi connectivity index (χ3v) is 4.96. The van der Waals surface area contributed by atoms with Gasteiger partial charge >= 0.3 is 12.1 Å². The summed E-state index contributed by atoms with van der Waals surface area (Å²) in [6.45, 7) is 6.55. The molecule has 1 fully saturated rings. The van der Waals surface area contributed by atoms with E-state index >= 15 is 0 Å². The van der Waals surface area contributed by atoms with E-state index < -0.39 is 12.1 Å². The number of para-hydroxylation sites is 1. The molecular formula is C21H26F3N3O4. The molecule has 1 aliphatic heterocycles. The second kappa shape index (κ2) is 10.4. The Kier molecular flexibility index (Phi) is 8.21. The predicted molar refractivity (Wildman–Crippen MR) is 110 cm³/mol. The van der Waals surface area contributed by atoms with Crippen molar-refractivity contribution >= 4 is 22.8 Å². The molecule has 1 amide bonds. The predicted octanol–water partition coefficient (Wildman–Crippen LogP) is 2.95. The number of carbonyl (C=O) groups excluding carboxylic acids is 1. The molecule has 3 N–H and O–H groups in total. The van der Waals surface area contributed by atoms with Crippen LogP contribution in [0, 0.1) is 5.92 Å². The molecule has 3 rings (SSSR count). The molecule has 0 radical (unpaired) electrons. The molecule has 0 unspecified atom stereocenters. The molecular weight excluding hydrogens is 415 g/mol. The van der Waals surface area contributed by atoms with E-state index in [1.165, 1.54) is 0 Å². The van der Waals surface area contributed by atoms with Gasteiger partial charge in [0.25, 0.3) is 11.5 Å². The fourth-order valence-electron chi connectivity index (χ4n) is 3.38. The highest BCUT2D eigenvalue weighted by molar-refractivity contribution is 5.97. The standard InChI is InChI=1S/C19H25N3O2.C2HF3O2/c1-13(2)22-17-6-4-3-5-15(17)11-16(19(22)24)18(23)21-12-14-7-9-20-10-8-14;3-2(4,5)1(6)7/h3-6,11,13-14,20H,7-10,12H2,1-2H3,(H,21,23);(H,6,7). The van der Waals surface area contributed by atoms with Crippen LogP contribution < -0.4 is 16.2 Å². The number of aliphatic carboxylic acids is 1. The molecule has 1 aliphatic rings. The molecule has 0 spiro atoms. The number of nitrogens with zero attached hydrogens (tertiary/aromatic N) is 1. The highest BCUT2D eigenvalue weighted by Crippen LogP contribution is 2.17. The Morgan fingerprint density at radius 2 is 1.81 bits per heavy atom. The largest absolute Gasteiger partial charge is 0.490 e. The Morgan fingerprint density at radius 3 is 2.35 bits per heavy atom. The summed E-state index contributed by atoms with van der Waals surface area (Å²) in [7, 11) is 0. The van der Waals surface area contributed by atoms with Gasteiger partial charge in [-0.05, 0) is 63.2 Å². The summed E-state index contributed by atoms with van der Waals surface area (Å²) in [6.07, 6.45) is -2.96. The van der Waals surface area contributed by atoms with Crippen molar-refractivity contribution in [3.8, 4) is 0 Å². The Balaban J connectivity index is 0.000000423. The topological polar surface area (TPSA) is 100 Å². The van der Waals surface area contributed by atoms with Crippen LogP contribution in [0.5, 0.6) is 0 Å². The average molecular weight is 441 g/mol. The summed E-state index contributed by atoms with van der Waals surface area (Å²) in [5, 5.41) is 14.3. The van der Waals surface area contributed by atoms with Gasteiger partial charge in [-0.15, -0.1) is 0 Å². The quantitative estimate of drug-likeness (QED) is 0.678. The van der Waals surface area contributed by atoms with Gasteiger partial charge in [-0.25, -0.2) is 4.79 Å². The third kappa shape index (κ3) is 6.55. The molecule has 31 heavy (non-hydrogen) atoms. The van der Waals surface area contributed by atoms with Crippen LogP contribution in [0.15, 0.2) is 35.1 Å². The summed E-state index contributed by atoms with van der Waals surface area (Å²) in [5.74, 6) is -2.53. The summed E-state index contributed by atoms with van der Waals surface area (Å²) >= 11 is 0. The fourth-order valence-corrected chi connectivity index (χ4v) is 3.38. The van der Waals surface area contributed by atoms with E-state index in [9.17, 15) is 22.8 Å². The molecule has 1 aromatic heterocycles. The second-order valence-corrected chi connectivity index (χ2v) is 7.59. The first-order valence-corrected chi connectivity index (χ1v) is 9.95. The van der Waals surface area contributed by atoms with Crippen molar-refractivity contribution in [3.05, 3.63) is 46.2 Å². The number of halogens is 3. The minimum atomic E-state index is -5.08. The molecule has 0 aliphatic carbocycles. The van der Waals surface area contributed by atoms with Gasteiger partial charge in [-0.2, -0.15) is 13.2 Å².